The zero-order chi connectivity index (χ0) is 18.0. The first-order valence-electron chi connectivity index (χ1n) is 9.67. The first-order chi connectivity index (χ1) is 12.6. The van der Waals surface area contributed by atoms with Crippen LogP contribution in [0.15, 0.2) is 24.5 Å². The summed E-state index contributed by atoms with van der Waals surface area (Å²) in [6.07, 6.45) is 9.79. The minimum Gasteiger partial charge on any atom is -0.383 e. The Morgan fingerprint density at radius 2 is 2.12 bits per heavy atom. The number of anilines is 1. The number of aromatic nitrogens is 4. The van der Waals surface area contributed by atoms with E-state index < -0.39 is 5.60 Å². The van der Waals surface area contributed by atoms with E-state index in [2.05, 4.69) is 26.3 Å². The van der Waals surface area contributed by atoms with Crippen molar-refractivity contribution >= 4 is 5.82 Å². The average Bonchev–Trinajstić information content (AvgIpc) is 3.28. The lowest BCUT2D eigenvalue weighted by Gasteiger charge is -2.32. The number of hydrogen-bond donors (Lipinski definition) is 2. The molecule has 4 rings (SSSR count). The summed E-state index contributed by atoms with van der Waals surface area (Å²) in [5.41, 5.74) is 7.07. The number of likely N-dealkylation sites (tertiary alicyclic amines) is 1. The fourth-order valence-electron chi connectivity index (χ4n) is 4.35. The summed E-state index contributed by atoms with van der Waals surface area (Å²) in [6.45, 7) is 3.81. The largest absolute Gasteiger partial charge is 0.383 e. The molecule has 3 N–H and O–H groups in total. The summed E-state index contributed by atoms with van der Waals surface area (Å²) in [5, 5.41) is 19.2. The number of rotatable bonds is 5. The second-order valence-corrected chi connectivity index (χ2v) is 7.86. The number of hydrogen-bond acceptors (Lipinski definition) is 6. The Bertz CT molecular complexity index is 739. The van der Waals surface area contributed by atoms with E-state index in [0.29, 0.717) is 11.7 Å². The van der Waals surface area contributed by atoms with Gasteiger partial charge in [-0.25, -0.2) is 4.98 Å². The Kier molecular flexibility index (Phi) is 4.91. The molecule has 1 atom stereocenters. The van der Waals surface area contributed by atoms with Crippen LogP contribution in [-0.2, 0) is 18.7 Å². The van der Waals surface area contributed by atoms with E-state index in [1.54, 1.807) is 6.20 Å². The molecule has 0 spiro atoms. The quantitative estimate of drug-likeness (QED) is 0.850. The van der Waals surface area contributed by atoms with Crippen molar-refractivity contribution in [3.05, 3.63) is 35.8 Å². The van der Waals surface area contributed by atoms with Crippen molar-refractivity contribution in [2.45, 2.75) is 57.2 Å². The average molecular weight is 356 g/mol. The normalized spacial score (nSPS) is 23.3. The monoisotopic (exact) mass is 356 g/mol. The zero-order valence-electron chi connectivity index (χ0n) is 15.2. The number of nitrogens with zero attached hydrogens (tertiary/aromatic N) is 5. The van der Waals surface area contributed by atoms with Gasteiger partial charge in [-0.1, -0.05) is 24.1 Å². The van der Waals surface area contributed by atoms with Crippen LogP contribution < -0.4 is 5.73 Å². The van der Waals surface area contributed by atoms with Gasteiger partial charge < -0.3 is 10.8 Å². The molecule has 26 heavy (non-hydrogen) atoms. The lowest BCUT2D eigenvalue weighted by molar-refractivity contribution is 0.0398. The van der Waals surface area contributed by atoms with Crippen LogP contribution in [0.2, 0.25) is 0 Å². The Labute approximate surface area is 154 Å². The fourth-order valence-corrected chi connectivity index (χ4v) is 4.35. The first-order valence-corrected chi connectivity index (χ1v) is 9.67. The third-order valence-electron chi connectivity index (χ3n) is 5.81. The molecule has 140 valence electrons. The van der Waals surface area contributed by atoms with E-state index in [9.17, 15) is 5.11 Å². The van der Waals surface area contributed by atoms with Crippen LogP contribution >= 0.6 is 0 Å². The molecule has 1 saturated heterocycles. The maximum Gasteiger partial charge on any atom is 0.127 e. The molecule has 2 aliphatic rings. The maximum atomic E-state index is 10.7. The van der Waals surface area contributed by atoms with Crippen LogP contribution in [0.25, 0.3) is 0 Å². The molecule has 0 radical (unpaired) electrons. The van der Waals surface area contributed by atoms with E-state index in [1.165, 1.54) is 12.8 Å². The molecule has 2 aromatic rings. The van der Waals surface area contributed by atoms with Crippen molar-refractivity contribution in [1.82, 2.24) is 24.9 Å². The molecule has 0 amide bonds. The highest BCUT2D eigenvalue weighted by Crippen LogP contribution is 2.37. The minimum atomic E-state index is -0.755. The standard InChI is InChI=1S/C19H28N6O/c20-18-16(6-3-9-21-18)13-24-10-4-5-15(11-24)12-25-14-17(22-23-25)19(26)7-1-2-8-19/h3,6,9,14-15,26H,1-2,4-5,7-8,10-13H2,(H2,20,21)/t15-/m0/s1. The summed E-state index contributed by atoms with van der Waals surface area (Å²) >= 11 is 0. The molecule has 7 heteroatoms. The summed E-state index contributed by atoms with van der Waals surface area (Å²) in [5.74, 6) is 1.16. The maximum absolute atomic E-state index is 10.7. The van der Waals surface area contributed by atoms with Gasteiger partial charge in [0.05, 0.1) is 6.20 Å². The van der Waals surface area contributed by atoms with E-state index in [4.69, 9.17) is 5.73 Å². The number of nitrogen functional groups attached to an aromatic ring is 1. The SMILES string of the molecule is Nc1ncccc1CN1CCC[C@H](Cn2cc(C3(O)CCCC3)nn2)C1. The number of aliphatic hydroxyl groups is 1. The number of nitrogens with two attached hydrogens (primary N) is 1. The second-order valence-electron chi connectivity index (χ2n) is 7.86. The molecule has 2 fully saturated rings. The van der Waals surface area contributed by atoms with Gasteiger partial charge in [0.2, 0.25) is 0 Å². The topological polar surface area (TPSA) is 93.1 Å². The van der Waals surface area contributed by atoms with E-state index in [1.807, 2.05) is 16.9 Å². The summed E-state index contributed by atoms with van der Waals surface area (Å²) in [6, 6.07) is 4.00. The minimum absolute atomic E-state index is 0.536. The zero-order valence-corrected chi connectivity index (χ0v) is 15.2. The molecule has 2 aromatic heterocycles. The van der Waals surface area contributed by atoms with Crippen LogP contribution in [0.4, 0.5) is 5.82 Å². The molecule has 3 heterocycles. The van der Waals surface area contributed by atoms with Crippen molar-refractivity contribution in [3.63, 3.8) is 0 Å². The molecule has 1 aliphatic heterocycles. The fraction of sp³-hybridized carbons (Fsp3) is 0.632. The van der Waals surface area contributed by atoms with Crippen LogP contribution in [0.1, 0.15) is 49.8 Å². The Morgan fingerprint density at radius 3 is 2.92 bits per heavy atom. The highest BCUT2D eigenvalue weighted by molar-refractivity contribution is 5.38. The van der Waals surface area contributed by atoms with E-state index in [0.717, 1.165) is 63.1 Å². The van der Waals surface area contributed by atoms with Gasteiger partial charge in [0.25, 0.3) is 0 Å². The van der Waals surface area contributed by atoms with Crippen LogP contribution in [0.5, 0.6) is 0 Å². The van der Waals surface area contributed by atoms with Crippen LogP contribution in [-0.4, -0.2) is 43.1 Å². The molecule has 0 unspecified atom stereocenters. The third-order valence-corrected chi connectivity index (χ3v) is 5.81. The van der Waals surface area contributed by atoms with Crippen molar-refractivity contribution < 1.29 is 5.11 Å². The predicted octanol–water partition coefficient (Wildman–Crippen LogP) is 1.93. The van der Waals surface area contributed by atoms with Gasteiger partial charge in [-0.05, 0) is 44.2 Å². The number of pyridine rings is 1. The van der Waals surface area contributed by atoms with E-state index in [-0.39, 0.29) is 0 Å². The van der Waals surface area contributed by atoms with Gasteiger partial charge in [-0.3, -0.25) is 9.58 Å². The number of piperidine rings is 1. The molecule has 1 saturated carbocycles. The van der Waals surface area contributed by atoms with Crippen molar-refractivity contribution in [2.75, 3.05) is 18.8 Å². The lowest BCUT2D eigenvalue weighted by Crippen LogP contribution is -2.36. The van der Waals surface area contributed by atoms with Gasteiger partial charge in [0.15, 0.2) is 0 Å². The second kappa shape index (κ2) is 7.32. The summed E-state index contributed by atoms with van der Waals surface area (Å²) in [7, 11) is 0. The Hall–Kier alpha value is -1.99. The van der Waals surface area contributed by atoms with E-state index >= 15 is 0 Å². The molecular formula is C19H28N6O. The Morgan fingerprint density at radius 1 is 1.27 bits per heavy atom. The smallest absolute Gasteiger partial charge is 0.127 e. The van der Waals surface area contributed by atoms with Gasteiger partial charge in [0.1, 0.15) is 17.1 Å². The van der Waals surface area contributed by atoms with Gasteiger partial charge in [-0.2, -0.15) is 0 Å². The molecular weight excluding hydrogens is 328 g/mol. The first kappa shape index (κ1) is 17.4. The van der Waals surface area contributed by atoms with Crippen LogP contribution in [0, 0.1) is 5.92 Å². The molecule has 0 aromatic carbocycles. The highest BCUT2D eigenvalue weighted by Gasteiger charge is 2.36. The van der Waals surface area contributed by atoms with Gasteiger partial charge >= 0.3 is 0 Å². The third kappa shape index (κ3) is 3.73. The molecule has 7 nitrogen and oxygen atoms in total. The van der Waals surface area contributed by atoms with Gasteiger partial charge in [0, 0.05) is 31.4 Å². The highest BCUT2D eigenvalue weighted by atomic mass is 16.3. The molecule has 0 bridgehead atoms. The van der Waals surface area contributed by atoms with Crippen molar-refractivity contribution in [1.29, 1.82) is 0 Å². The van der Waals surface area contributed by atoms with Crippen LogP contribution in [0.3, 0.4) is 0 Å². The Balaban J connectivity index is 1.36. The van der Waals surface area contributed by atoms with Crippen molar-refractivity contribution in [2.24, 2.45) is 5.92 Å². The lowest BCUT2D eigenvalue weighted by atomic mass is 9.97. The predicted molar refractivity (Wildman–Crippen MR) is 99.0 cm³/mol. The molecule has 1 aliphatic carbocycles. The van der Waals surface area contributed by atoms with Crippen molar-refractivity contribution in [3.8, 4) is 0 Å². The summed E-state index contributed by atoms with van der Waals surface area (Å²) < 4.78 is 1.91. The summed E-state index contributed by atoms with van der Waals surface area (Å²) in [4.78, 5) is 6.63. The van der Waals surface area contributed by atoms with Gasteiger partial charge in [-0.15, -0.1) is 5.10 Å².